The van der Waals surface area contributed by atoms with E-state index in [1.807, 2.05) is 12.1 Å². The maximum absolute atomic E-state index is 13.0. The first-order valence-corrected chi connectivity index (χ1v) is 11.3. The van der Waals surface area contributed by atoms with Crippen LogP contribution in [0.4, 0.5) is 19.0 Å². The molecule has 1 aromatic carbocycles. The minimum Gasteiger partial charge on any atom is -0.481 e. The number of H-pyrrole nitrogens is 1. The van der Waals surface area contributed by atoms with Gasteiger partial charge in [-0.3, -0.25) is 4.79 Å². The summed E-state index contributed by atoms with van der Waals surface area (Å²) in [5.41, 5.74) is 0.0954. The highest BCUT2D eigenvalue weighted by Crippen LogP contribution is 2.43. The number of piperidine rings is 1. The molecule has 1 saturated heterocycles. The number of halogens is 3. The molecule has 180 valence electrons. The van der Waals surface area contributed by atoms with Crippen LogP contribution in [0.5, 0.6) is 0 Å². The summed E-state index contributed by atoms with van der Waals surface area (Å²) in [7, 11) is 0. The second-order valence-electron chi connectivity index (χ2n) is 9.44. The smallest absolute Gasteiger partial charge is 0.416 e. The lowest BCUT2D eigenvalue weighted by atomic mass is 9.68. The third kappa shape index (κ3) is 4.34. The molecule has 7 nitrogen and oxygen atoms in total. The van der Waals surface area contributed by atoms with Gasteiger partial charge in [-0.05, 0) is 62.9 Å². The maximum Gasteiger partial charge on any atom is 0.416 e. The van der Waals surface area contributed by atoms with Gasteiger partial charge in [0.1, 0.15) is 11.6 Å². The van der Waals surface area contributed by atoms with Crippen molar-refractivity contribution in [3.8, 4) is 11.4 Å². The Bertz CT molecular complexity index is 1190. The van der Waals surface area contributed by atoms with Crippen molar-refractivity contribution in [1.82, 2.24) is 15.0 Å². The van der Waals surface area contributed by atoms with E-state index in [2.05, 4.69) is 19.9 Å². The lowest BCUT2D eigenvalue weighted by Gasteiger charge is -2.44. The number of rotatable bonds is 5. The number of benzene rings is 1. The van der Waals surface area contributed by atoms with Crippen LogP contribution in [-0.4, -0.2) is 51.3 Å². The second-order valence-corrected chi connectivity index (χ2v) is 9.44. The van der Waals surface area contributed by atoms with Gasteiger partial charge >= 0.3 is 12.1 Å². The molecule has 0 unspecified atom stereocenters. The van der Waals surface area contributed by atoms with E-state index in [0.29, 0.717) is 29.7 Å². The molecule has 1 aliphatic heterocycles. The Kier molecular flexibility index (Phi) is 5.50. The SMILES string of the molecule is C[C@]1(C(=O)O)C[C@H](OC2CCN(c3ccc(-c4nc5cc(C(F)(F)F)ccc5[nH]4)cn3)CC2)C1. The van der Waals surface area contributed by atoms with E-state index in [0.717, 1.165) is 43.9 Å². The summed E-state index contributed by atoms with van der Waals surface area (Å²) >= 11 is 0. The molecular weight excluding hydrogens is 449 g/mol. The van der Waals surface area contributed by atoms with Gasteiger partial charge in [0.05, 0.1) is 34.2 Å². The number of hydrogen-bond donors (Lipinski definition) is 2. The number of anilines is 1. The minimum atomic E-state index is -4.41. The molecule has 0 spiro atoms. The fourth-order valence-electron chi connectivity index (χ4n) is 4.74. The molecule has 0 bridgehead atoms. The van der Waals surface area contributed by atoms with Crippen LogP contribution in [0.15, 0.2) is 36.5 Å². The monoisotopic (exact) mass is 474 g/mol. The highest BCUT2D eigenvalue weighted by Gasteiger charge is 2.47. The number of carbonyl (C=O) groups is 1. The van der Waals surface area contributed by atoms with Gasteiger partial charge in [0.2, 0.25) is 0 Å². The van der Waals surface area contributed by atoms with Crippen molar-refractivity contribution in [2.75, 3.05) is 18.0 Å². The van der Waals surface area contributed by atoms with Crippen LogP contribution in [0.2, 0.25) is 0 Å². The molecule has 1 aliphatic carbocycles. The highest BCUT2D eigenvalue weighted by molar-refractivity contribution is 5.80. The van der Waals surface area contributed by atoms with Crippen molar-refractivity contribution in [3.63, 3.8) is 0 Å². The molecule has 2 aromatic heterocycles. The fraction of sp³-hybridized carbons (Fsp3) is 0.458. The number of hydrogen-bond acceptors (Lipinski definition) is 5. The molecule has 10 heteroatoms. The fourth-order valence-corrected chi connectivity index (χ4v) is 4.74. The highest BCUT2D eigenvalue weighted by atomic mass is 19.4. The second kappa shape index (κ2) is 8.26. The standard InChI is InChI=1S/C24H25F3N4O3/c1-23(22(32)33)11-17(12-23)34-16-6-8-31(9-7-16)20-5-2-14(13-28-20)21-29-18-4-3-15(24(25,26)27)10-19(18)30-21/h2-5,10,13,16-17H,6-9,11-12H2,1H3,(H,29,30)(H,32,33)/t17-,23-. The van der Waals surface area contributed by atoms with Crippen molar-refractivity contribution in [2.24, 2.45) is 5.41 Å². The molecule has 5 rings (SSSR count). The largest absolute Gasteiger partial charge is 0.481 e. The molecule has 2 aliphatic rings. The van der Waals surface area contributed by atoms with Crippen molar-refractivity contribution in [3.05, 3.63) is 42.1 Å². The molecule has 2 fully saturated rings. The minimum absolute atomic E-state index is 0.0195. The lowest BCUT2D eigenvalue weighted by Crippen LogP contribution is -2.48. The number of alkyl halides is 3. The zero-order valence-corrected chi connectivity index (χ0v) is 18.6. The van der Waals surface area contributed by atoms with Gasteiger partial charge in [-0.1, -0.05) is 0 Å². The first-order valence-electron chi connectivity index (χ1n) is 11.3. The Hall–Kier alpha value is -3.14. The summed E-state index contributed by atoms with van der Waals surface area (Å²) < 4.78 is 45.0. The van der Waals surface area contributed by atoms with Crippen LogP contribution in [0, 0.1) is 5.41 Å². The Labute approximate surface area is 194 Å². The third-order valence-electron chi connectivity index (χ3n) is 6.86. The van der Waals surface area contributed by atoms with Crippen molar-refractivity contribution in [2.45, 2.75) is 51.0 Å². The summed E-state index contributed by atoms with van der Waals surface area (Å²) in [5.74, 6) is 0.527. The van der Waals surface area contributed by atoms with E-state index in [1.165, 1.54) is 6.07 Å². The Morgan fingerprint density at radius 3 is 2.53 bits per heavy atom. The van der Waals surface area contributed by atoms with E-state index in [-0.39, 0.29) is 17.7 Å². The van der Waals surface area contributed by atoms with Gasteiger partial charge in [-0.15, -0.1) is 0 Å². The summed E-state index contributed by atoms with van der Waals surface area (Å²) in [5, 5.41) is 9.23. The Morgan fingerprint density at radius 2 is 1.91 bits per heavy atom. The Balaban J connectivity index is 1.19. The molecule has 1 saturated carbocycles. The van der Waals surface area contributed by atoms with E-state index in [4.69, 9.17) is 4.74 Å². The molecular formula is C24H25F3N4O3. The normalized spacial score (nSPS) is 23.8. The molecule has 2 N–H and O–H groups in total. The number of fused-ring (bicyclic) bond motifs is 1. The maximum atomic E-state index is 13.0. The van der Waals surface area contributed by atoms with Crippen LogP contribution < -0.4 is 4.90 Å². The number of aliphatic carboxylic acids is 1. The van der Waals surface area contributed by atoms with Gasteiger partial charge in [0.25, 0.3) is 0 Å². The van der Waals surface area contributed by atoms with Gasteiger partial charge in [0.15, 0.2) is 0 Å². The average Bonchev–Trinajstić information content (AvgIpc) is 3.21. The van der Waals surface area contributed by atoms with E-state index < -0.39 is 23.1 Å². The number of aromatic amines is 1. The number of imidazole rings is 1. The van der Waals surface area contributed by atoms with Crippen molar-refractivity contribution >= 4 is 22.8 Å². The van der Waals surface area contributed by atoms with Crippen LogP contribution in [-0.2, 0) is 15.7 Å². The quantitative estimate of drug-likeness (QED) is 0.548. The zero-order chi connectivity index (χ0) is 24.1. The third-order valence-corrected chi connectivity index (χ3v) is 6.86. The van der Waals surface area contributed by atoms with Gasteiger partial charge < -0.3 is 19.7 Å². The topological polar surface area (TPSA) is 91.3 Å². The molecule has 0 atom stereocenters. The van der Waals surface area contributed by atoms with Gasteiger partial charge in [-0.2, -0.15) is 13.2 Å². The first-order chi connectivity index (χ1) is 16.1. The first kappa shape index (κ1) is 22.6. The van der Waals surface area contributed by atoms with Crippen molar-refractivity contribution < 1.29 is 27.8 Å². The number of pyridine rings is 1. The summed E-state index contributed by atoms with van der Waals surface area (Å²) in [6.07, 6.45) is 0.203. The lowest BCUT2D eigenvalue weighted by molar-refractivity contribution is -0.170. The van der Waals surface area contributed by atoms with Crippen LogP contribution in [0.3, 0.4) is 0 Å². The van der Waals surface area contributed by atoms with Gasteiger partial charge in [-0.25, -0.2) is 9.97 Å². The van der Waals surface area contributed by atoms with Crippen molar-refractivity contribution in [1.29, 1.82) is 0 Å². The van der Waals surface area contributed by atoms with E-state index in [1.54, 1.807) is 13.1 Å². The average molecular weight is 474 g/mol. The van der Waals surface area contributed by atoms with Crippen LogP contribution in [0.25, 0.3) is 22.4 Å². The molecule has 0 radical (unpaired) electrons. The molecule has 0 amide bonds. The summed E-state index contributed by atoms with van der Waals surface area (Å²) in [4.78, 5) is 25.3. The molecule has 34 heavy (non-hydrogen) atoms. The zero-order valence-electron chi connectivity index (χ0n) is 18.6. The number of nitrogens with one attached hydrogen (secondary N) is 1. The van der Waals surface area contributed by atoms with E-state index in [9.17, 15) is 23.1 Å². The summed E-state index contributed by atoms with van der Waals surface area (Å²) in [6.45, 7) is 3.33. The number of carboxylic acid groups (broad SMARTS) is 1. The number of ether oxygens (including phenoxy) is 1. The van der Waals surface area contributed by atoms with Crippen LogP contribution in [0.1, 0.15) is 38.2 Å². The molecule has 3 heterocycles. The number of aromatic nitrogens is 3. The van der Waals surface area contributed by atoms with Gasteiger partial charge in [0, 0.05) is 24.8 Å². The predicted octanol–water partition coefficient (Wildman–Crippen LogP) is 4.88. The number of nitrogens with zero attached hydrogens (tertiary/aromatic N) is 3. The molecule has 3 aromatic rings. The Morgan fingerprint density at radius 1 is 1.18 bits per heavy atom. The van der Waals surface area contributed by atoms with Crippen LogP contribution >= 0.6 is 0 Å². The van der Waals surface area contributed by atoms with E-state index >= 15 is 0 Å². The predicted molar refractivity (Wildman–Crippen MR) is 119 cm³/mol. The summed E-state index contributed by atoms with van der Waals surface area (Å²) in [6, 6.07) is 7.20. The number of carboxylic acids is 1.